The second kappa shape index (κ2) is 6.57. The number of hydrogen-bond donors (Lipinski definition) is 2. The smallest absolute Gasteiger partial charge is 0.274 e. The van der Waals surface area contributed by atoms with Crippen LogP contribution in [0.15, 0.2) is 6.07 Å². The monoisotopic (exact) mass is 506 g/mol. The zero-order valence-electron chi connectivity index (χ0n) is 17.9. The van der Waals surface area contributed by atoms with Crippen molar-refractivity contribution in [2.45, 2.75) is 56.1 Å². The highest BCUT2D eigenvalue weighted by Gasteiger charge is 2.78. The van der Waals surface area contributed by atoms with Crippen LogP contribution in [0.5, 0.6) is 17.2 Å². The Morgan fingerprint density at radius 1 is 1.28 bits per heavy atom. The predicted octanol–water partition coefficient (Wildman–Crippen LogP) is 3.04. The van der Waals surface area contributed by atoms with Crippen LogP contribution in [-0.4, -0.2) is 59.3 Å². The maximum Gasteiger partial charge on any atom is 0.274 e. The molecule has 2 N–H and O–H groups in total. The predicted molar refractivity (Wildman–Crippen MR) is 116 cm³/mol. The number of phenolic OH excluding ortho intramolecular Hbond substituents is 1. The van der Waals surface area contributed by atoms with Crippen molar-refractivity contribution in [1.29, 1.82) is 0 Å². The van der Waals surface area contributed by atoms with Crippen LogP contribution >= 0.6 is 15.9 Å². The number of methoxy groups -OCH3 is 2. The topological polar surface area (TPSA) is 104 Å². The Bertz CT molecular complexity index is 1190. The Morgan fingerprint density at radius 3 is 2.75 bits per heavy atom. The molecule has 32 heavy (non-hydrogen) atoms. The molecular weight excluding hydrogens is 484 g/mol. The number of rotatable bonds is 3. The molecule has 0 amide bonds. The zero-order valence-corrected chi connectivity index (χ0v) is 19.4. The number of aliphatic hydroxyl groups is 1. The van der Waals surface area contributed by atoms with Crippen LogP contribution in [-0.2, 0) is 20.6 Å². The fraction of sp³-hybridized carbons (Fsp3) is 0.522. The third kappa shape index (κ3) is 2.14. The largest absolute Gasteiger partial charge is 0.506 e. The summed E-state index contributed by atoms with van der Waals surface area (Å²) in [5, 5.41) is 23.9. The number of halogens is 1. The molecule has 3 heterocycles. The van der Waals surface area contributed by atoms with Crippen LogP contribution in [0.25, 0.3) is 10.8 Å². The molecule has 0 aromatic heterocycles. The van der Waals surface area contributed by atoms with Gasteiger partial charge in [0.2, 0.25) is 0 Å². The fourth-order valence-electron chi connectivity index (χ4n) is 5.92. The van der Waals surface area contributed by atoms with Crippen molar-refractivity contribution in [3.8, 4) is 17.2 Å². The number of carbonyl (C=O) groups excluding carboxylic acids is 1. The van der Waals surface area contributed by atoms with E-state index in [0.29, 0.717) is 52.7 Å². The molecule has 2 saturated heterocycles. The first kappa shape index (κ1) is 20.7. The first-order chi connectivity index (χ1) is 15.3. The van der Waals surface area contributed by atoms with E-state index in [1.54, 1.807) is 7.11 Å². The SMILES string of the molecule is COc1c2c(c(O)c3c4c(c(C)cc13)C1OC3OC1[C@@](OC)(O4)[C@@]3(O)CBr)C(=O)CCC2. The van der Waals surface area contributed by atoms with Gasteiger partial charge in [-0.25, -0.2) is 0 Å². The fourth-order valence-corrected chi connectivity index (χ4v) is 6.57. The van der Waals surface area contributed by atoms with Crippen LogP contribution in [0.2, 0.25) is 0 Å². The summed E-state index contributed by atoms with van der Waals surface area (Å²) in [6, 6.07) is 1.92. The highest BCUT2D eigenvalue weighted by atomic mass is 79.9. The van der Waals surface area contributed by atoms with Gasteiger partial charge >= 0.3 is 0 Å². The first-order valence-electron chi connectivity index (χ1n) is 10.6. The van der Waals surface area contributed by atoms with Gasteiger partial charge in [-0.3, -0.25) is 4.79 Å². The molecule has 4 aliphatic rings. The number of fused-ring (bicyclic) bond motifs is 6. The minimum Gasteiger partial charge on any atom is -0.506 e. The van der Waals surface area contributed by atoms with E-state index in [1.807, 2.05) is 13.0 Å². The van der Waals surface area contributed by atoms with Crippen molar-refractivity contribution in [1.82, 2.24) is 0 Å². The number of phenols is 1. The summed E-state index contributed by atoms with van der Waals surface area (Å²) in [5.74, 6) is -0.969. The molecule has 0 radical (unpaired) electrons. The number of aromatic hydroxyl groups is 1. The van der Waals surface area contributed by atoms with Gasteiger partial charge in [0.25, 0.3) is 5.79 Å². The summed E-state index contributed by atoms with van der Waals surface area (Å²) in [4.78, 5) is 12.8. The van der Waals surface area contributed by atoms with Crippen LogP contribution in [0.1, 0.15) is 46.0 Å². The Kier molecular flexibility index (Phi) is 4.25. The molecule has 3 unspecified atom stereocenters. The first-order valence-corrected chi connectivity index (χ1v) is 11.7. The Balaban J connectivity index is 1.72. The third-order valence-corrected chi connectivity index (χ3v) is 8.22. The number of carbonyl (C=O) groups is 1. The van der Waals surface area contributed by atoms with Gasteiger partial charge in [0.15, 0.2) is 23.8 Å². The van der Waals surface area contributed by atoms with E-state index in [4.69, 9.17) is 23.7 Å². The van der Waals surface area contributed by atoms with E-state index in [-0.39, 0.29) is 22.4 Å². The quantitative estimate of drug-likeness (QED) is 0.612. The number of benzene rings is 2. The Morgan fingerprint density at radius 2 is 2.06 bits per heavy atom. The number of Topliss-reactive ketones (excluding diaryl/α,β-unsaturated/α-hetero) is 1. The molecule has 2 bridgehead atoms. The van der Waals surface area contributed by atoms with Gasteiger partial charge < -0.3 is 33.9 Å². The number of ether oxygens (including phenoxy) is 5. The van der Waals surface area contributed by atoms with Crippen molar-refractivity contribution < 1.29 is 38.7 Å². The molecule has 8 nitrogen and oxygen atoms in total. The molecule has 0 saturated carbocycles. The number of ketones is 1. The van der Waals surface area contributed by atoms with Crippen molar-refractivity contribution in [2.75, 3.05) is 19.5 Å². The van der Waals surface area contributed by atoms with Crippen LogP contribution in [0.3, 0.4) is 0 Å². The normalized spacial score (nSPS) is 34.4. The molecule has 5 atom stereocenters. The highest BCUT2D eigenvalue weighted by molar-refractivity contribution is 9.09. The summed E-state index contributed by atoms with van der Waals surface area (Å²) in [6.45, 7) is 1.93. The second-order valence-electron chi connectivity index (χ2n) is 8.85. The molecule has 1 aliphatic carbocycles. The molecule has 170 valence electrons. The lowest BCUT2D eigenvalue weighted by molar-refractivity contribution is -0.316. The lowest BCUT2D eigenvalue weighted by Gasteiger charge is -2.50. The Hall–Kier alpha value is -1.91. The van der Waals surface area contributed by atoms with E-state index < -0.39 is 29.9 Å². The molecule has 2 aromatic carbocycles. The summed E-state index contributed by atoms with van der Waals surface area (Å²) in [6.07, 6.45) is -0.502. The van der Waals surface area contributed by atoms with Gasteiger partial charge in [-0.15, -0.1) is 0 Å². The number of aryl methyl sites for hydroxylation is 1. The summed E-state index contributed by atoms with van der Waals surface area (Å²) < 4.78 is 30.1. The molecule has 2 fully saturated rings. The van der Waals surface area contributed by atoms with Crippen LogP contribution in [0, 0.1) is 6.92 Å². The van der Waals surface area contributed by atoms with E-state index in [0.717, 1.165) is 5.56 Å². The number of hydrogen-bond acceptors (Lipinski definition) is 8. The zero-order chi connectivity index (χ0) is 22.6. The van der Waals surface area contributed by atoms with Crippen LogP contribution < -0.4 is 9.47 Å². The van der Waals surface area contributed by atoms with Gasteiger partial charge in [0, 0.05) is 35.4 Å². The van der Waals surface area contributed by atoms with Gasteiger partial charge in [-0.1, -0.05) is 15.9 Å². The van der Waals surface area contributed by atoms with Crippen molar-refractivity contribution in [2.24, 2.45) is 0 Å². The summed E-state index contributed by atoms with van der Waals surface area (Å²) in [7, 11) is 3.01. The van der Waals surface area contributed by atoms with Crippen molar-refractivity contribution in [3.63, 3.8) is 0 Å². The molecule has 2 aromatic rings. The lowest BCUT2D eigenvalue weighted by Crippen LogP contribution is -2.70. The molecule has 9 heteroatoms. The van der Waals surface area contributed by atoms with E-state index in [9.17, 15) is 15.0 Å². The van der Waals surface area contributed by atoms with Crippen LogP contribution in [0.4, 0.5) is 0 Å². The van der Waals surface area contributed by atoms with E-state index in [1.165, 1.54) is 7.11 Å². The highest BCUT2D eigenvalue weighted by Crippen LogP contribution is 2.63. The average Bonchev–Trinajstić information content (AvgIpc) is 3.32. The Labute approximate surface area is 192 Å². The van der Waals surface area contributed by atoms with E-state index >= 15 is 0 Å². The average molecular weight is 507 g/mol. The molecule has 3 aliphatic heterocycles. The van der Waals surface area contributed by atoms with Gasteiger partial charge in [0.05, 0.1) is 18.1 Å². The van der Waals surface area contributed by atoms with Crippen molar-refractivity contribution >= 4 is 32.5 Å². The second-order valence-corrected chi connectivity index (χ2v) is 9.41. The lowest BCUT2D eigenvalue weighted by atomic mass is 9.79. The van der Waals surface area contributed by atoms with E-state index in [2.05, 4.69) is 15.9 Å². The molecule has 0 spiro atoms. The minimum atomic E-state index is -1.62. The maximum atomic E-state index is 12.8. The van der Waals surface area contributed by atoms with Gasteiger partial charge in [0.1, 0.15) is 23.4 Å². The maximum absolute atomic E-state index is 12.8. The summed E-state index contributed by atoms with van der Waals surface area (Å²) >= 11 is 3.35. The third-order valence-electron chi connectivity index (χ3n) is 7.36. The standard InChI is InChI=1S/C23H23BrO8/c1-9-7-11-15(16(26)14-10(17(11)28-2)5-4-6-12(14)25)18-13(9)19-20-23(29-3,32-18)22(27,8-24)21(30-19)31-20/h7,19-21,26-27H,4-6,8H2,1-3H3/t19?,20?,21?,22-,23-/m1/s1. The van der Waals surface area contributed by atoms with Gasteiger partial charge in [-0.05, 0) is 31.4 Å². The van der Waals surface area contributed by atoms with Gasteiger partial charge in [-0.2, -0.15) is 0 Å². The minimum absolute atomic E-state index is 0.0873. The summed E-state index contributed by atoms with van der Waals surface area (Å²) in [5.41, 5.74) is 0.926. The van der Waals surface area contributed by atoms with Crippen molar-refractivity contribution in [3.05, 3.63) is 28.3 Å². The number of alkyl halides is 1. The molecular formula is C23H23BrO8. The molecule has 6 rings (SSSR count).